The molecule has 1 atom stereocenters. The van der Waals surface area contributed by atoms with Crippen molar-refractivity contribution in [2.24, 2.45) is 7.05 Å². The molecule has 6 rings (SSSR count). The number of amides is 1. The summed E-state index contributed by atoms with van der Waals surface area (Å²) in [5.41, 5.74) is 2.87. The van der Waals surface area contributed by atoms with Gasteiger partial charge in [0.05, 0.1) is 46.2 Å². The van der Waals surface area contributed by atoms with Crippen LogP contribution in [0.25, 0.3) is 49.7 Å². The molecule has 0 saturated heterocycles. The van der Waals surface area contributed by atoms with Crippen LogP contribution in [0.3, 0.4) is 0 Å². The first kappa shape index (κ1) is 26.7. The van der Waals surface area contributed by atoms with Crippen LogP contribution < -0.4 is 0 Å². The molecule has 1 amide bonds. The number of aromatic nitrogens is 4. The zero-order valence-electron chi connectivity index (χ0n) is 22.0. The van der Waals surface area contributed by atoms with Gasteiger partial charge in [0.1, 0.15) is 23.2 Å². The number of pyridine rings is 1. The predicted molar refractivity (Wildman–Crippen MR) is 152 cm³/mol. The van der Waals surface area contributed by atoms with E-state index in [4.69, 9.17) is 10.1 Å². The second kappa shape index (κ2) is 10.2. The maximum absolute atomic E-state index is 15.4. The number of carbonyl (C=O) groups is 1. The first-order chi connectivity index (χ1) is 19.7. The van der Waals surface area contributed by atoms with Crippen molar-refractivity contribution in [3.8, 4) is 22.6 Å². The fraction of sp³-hybridized carbons (Fsp3) is 0.167. The third-order valence-corrected chi connectivity index (χ3v) is 8.35. The molecule has 1 aliphatic rings. The summed E-state index contributed by atoms with van der Waals surface area (Å²) in [4.78, 5) is 18.9. The number of allylic oxidation sites excluding steroid dienone is 2. The number of benzene rings is 1. The Balaban J connectivity index is 1.62. The van der Waals surface area contributed by atoms with Crippen LogP contribution in [0.15, 0.2) is 66.7 Å². The number of carbonyl (C=O) groups excluding carboxylic acids is 1. The quantitative estimate of drug-likeness (QED) is 0.124. The van der Waals surface area contributed by atoms with Crippen molar-refractivity contribution in [1.29, 1.82) is 0 Å². The van der Waals surface area contributed by atoms with E-state index in [1.807, 2.05) is 6.92 Å². The molecule has 0 saturated carbocycles. The fourth-order valence-corrected chi connectivity index (χ4v) is 6.35. The third kappa shape index (κ3) is 4.37. The molecule has 0 spiro atoms. The first-order valence-electron chi connectivity index (χ1n) is 12.7. The average molecular weight is 578 g/mol. The summed E-state index contributed by atoms with van der Waals surface area (Å²) in [6.45, 7) is 6.23. The number of hydrogen-bond acceptors (Lipinski definition) is 4. The molecule has 5 heterocycles. The van der Waals surface area contributed by atoms with Gasteiger partial charge in [-0.05, 0) is 37.3 Å². The lowest BCUT2D eigenvalue weighted by atomic mass is 10.0. The average Bonchev–Trinajstić information content (AvgIpc) is 3.64. The lowest BCUT2D eigenvalue weighted by Gasteiger charge is -2.33. The Morgan fingerprint density at radius 3 is 2.73 bits per heavy atom. The van der Waals surface area contributed by atoms with Gasteiger partial charge >= 0.3 is 0 Å². The SMILES string of the molecule is C=CC(=O)N1CCn2nc(-c3nc(-c4ccc5c(c4)c(F)cn5C)c4scc(F)c4c3C=C(F)/C=C/F)cc2[C@H]1C. The zero-order valence-corrected chi connectivity index (χ0v) is 22.9. The minimum absolute atomic E-state index is 0.0559. The van der Waals surface area contributed by atoms with Gasteiger partial charge in [-0.15, -0.1) is 11.3 Å². The van der Waals surface area contributed by atoms with E-state index in [0.29, 0.717) is 57.4 Å². The van der Waals surface area contributed by atoms with E-state index in [1.54, 1.807) is 45.5 Å². The second-order valence-corrected chi connectivity index (χ2v) is 10.6. The van der Waals surface area contributed by atoms with Gasteiger partial charge in [0.25, 0.3) is 0 Å². The Labute approximate surface area is 236 Å². The smallest absolute Gasteiger partial charge is 0.246 e. The summed E-state index contributed by atoms with van der Waals surface area (Å²) in [5, 5.41) is 6.45. The lowest BCUT2D eigenvalue weighted by Crippen LogP contribution is -2.40. The van der Waals surface area contributed by atoms with E-state index in [0.717, 1.165) is 17.4 Å². The Hall–Kier alpha value is -4.51. The van der Waals surface area contributed by atoms with Gasteiger partial charge in [-0.3, -0.25) is 9.48 Å². The van der Waals surface area contributed by atoms with Crippen LogP contribution >= 0.6 is 11.3 Å². The molecule has 0 fully saturated rings. The summed E-state index contributed by atoms with van der Waals surface area (Å²) in [6, 6.07) is 6.56. The van der Waals surface area contributed by atoms with Crippen molar-refractivity contribution >= 4 is 44.3 Å². The molecule has 11 heteroatoms. The monoisotopic (exact) mass is 577 g/mol. The molecule has 4 aromatic heterocycles. The minimum atomic E-state index is -0.942. The highest BCUT2D eigenvalue weighted by atomic mass is 32.1. The van der Waals surface area contributed by atoms with E-state index >= 15 is 4.39 Å². The van der Waals surface area contributed by atoms with Gasteiger partial charge in [0.2, 0.25) is 5.91 Å². The molecule has 0 bridgehead atoms. The van der Waals surface area contributed by atoms with E-state index in [9.17, 15) is 18.0 Å². The minimum Gasteiger partial charge on any atom is -0.348 e. The van der Waals surface area contributed by atoms with E-state index < -0.39 is 17.5 Å². The number of rotatable bonds is 5. The summed E-state index contributed by atoms with van der Waals surface area (Å²) in [7, 11) is 1.74. The largest absolute Gasteiger partial charge is 0.348 e. The van der Waals surface area contributed by atoms with Gasteiger partial charge in [-0.1, -0.05) is 12.6 Å². The molecule has 0 unspecified atom stereocenters. The first-order valence-corrected chi connectivity index (χ1v) is 13.6. The van der Waals surface area contributed by atoms with Crippen molar-refractivity contribution in [3.63, 3.8) is 0 Å². The molecule has 6 nitrogen and oxygen atoms in total. The van der Waals surface area contributed by atoms with Gasteiger partial charge in [0, 0.05) is 53.1 Å². The molecule has 208 valence electrons. The highest BCUT2D eigenvalue weighted by molar-refractivity contribution is 7.17. The summed E-state index contributed by atoms with van der Waals surface area (Å²) in [6.07, 6.45) is 4.33. The summed E-state index contributed by atoms with van der Waals surface area (Å²) < 4.78 is 61.5. The number of aryl methyl sites for hydroxylation is 1. The van der Waals surface area contributed by atoms with Gasteiger partial charge < -0.3 is 9.47 Å². The Morgan fingerprint density at radius 2 is 1.98 bits per heavy atom. The molecule has 1 aromatic carbocycles. The molecule has 0 aliphatic carbocycles. The molecule has 41 heavy (non-hydrogen) atoms. The highest BCUT2D eigenvalue weighted by Crippen LogP contribution is 2.42. The highest BCUT2D eigenvalue weighted by Gasteiger charge is 2.30. The number of fused-ring (bicyclic) bond motifs is 3. The van der Waals surface area contributed by atoms with E-state index in [1.165, 1.54) is 17.7 Å². The van der Waals surface area contributed by atoms with Crippen molar-refractivity contribution < 1.29 is 22.4 Å². The van der Waals surface area contributed by atoms with Crippen LogP contribution in [0, 0.1) is 11.6 Å². The predicted octanol–water partition coefficient (Wildman–Crippen LogP) is 7.48. The number of hydrogen-bond donors (Lipinski definition) is 0. The van der Waals surface area contributed by atoms with Crippen LogP contribution in [0.1, 0.15) is 24.2 Å². The van der Waals surface area contributed by atoms with Gasteiger partial charge in [-0.25, -0.2) is 22.5 Å². The van der Waals surface area contributed by atoms with Crippen molar-refractivity contribution in [2.75, 3.05) is 6.54 Å². The lowest BCUT2D eigenvalue weighted by molar-refractivity contribution is -0.129. The number of nitrogens with zero attached hydrogens (tertiary/aromatic N) is 5. The molecule has 0 radical (unpaired) electrons. The van der Waals surface area contributed by atoms with Crippen LogP contribution in [0.5, 0.6) is 0 Å². The summed E-state index contributed by atoms with van der Waals surface area (Å²) in [5.74, 6) is -2.18. The summed E-state index contributed by atoms with van der Waals surface area (Å²) >= 11 is 1.08. The van der Waals surface area contributed by atoms with Crippen LogP contribution in [0.4, 0.5) is 17.6 Å². The molecular formula is C30H23F4N5OS. The molecular weight excluding hydrogens is 554 g/mol. The Morgan fingerprint density at radius 1 is 1.17 bits per heavy atom. The van der Waals surface area contributed by atoms with Crippen LogP contribution in [0.2, 0.25) is 0 Å². The zero-order chi connectivity index (χ0) is 29.0. The normalized spacial score (nSPS) is 15.8. The van der Waals surface area contributed by atoms with Gasteiger partial charge in [-0.2, -0.15) is 5.10 Å². The topological polar surface area (TPSA) is 56.0 Å². The van der Waals surface area contributed by atoms with Crippen LogP contribution in [-0.4, -0.2) is 36.7 Å². The molecule has 0 N–H and O–H groups in total. The van der Waals surface area contributed by atoms with Crippen LogP contribution in [-0.2, 0) is 18.4 Å². The Kier molecular flexibility index (Phi) is 6.61. The standard InChI is InChI=1S/C30H23F4N5OS/c1-4-26(40)38-9-10-39-25(16(38)2)13-23(36-39)29-20(12-18(32)7-8-31)27-22(34)15-41-30(27)28(35-29)17-5-6-24-19(11-17)21(33)14-37(24)3/h4-8,11-16H,1,9-10H2,2-3H3/b8-7+,18-12?/t16-/m1/s1. The molecule has 1 aliphatic heterocycles. The van der Waals surface area contributed by atoms with Crippen molar-refractivity contribution in [1.82, 2.24) is 24.2 Å². The molecule has 5 aromatic rings. The number of halogens is 4. The van der Waals surface area contributed by atoms with Crippen molar-refractivity contribution in [2.45, 2.75) is 19.5 Å². The van der Waals surface area contributed by atoms with E-state index in [-0.39, 0.29) is 34.9 Å². The maximum Gasteiger partial charge on any atom is 0.246 e. The maximum atomic E-state index is 15.4. The van der Waals surface area contributed by atoms with E-state index in [2.05, 4.69) is 6.58 Å². The number of thiophene rings is 1. The Bertz CT molecular complexity index is 1930. The third-order valence-electron chi connectivity index (χ3n) is 7.39. The van der Waals surface area contributed by atoms with Crippen molar-refractivity contribution in [3.05, 3.63) is 89.6 Å². The second-order valence-electron chi connectivity index (χ2n) is 9.74. The van der Waals surface area contributed by atoms with Gasteiger partial charge in [0.15, 0.2) is 0 Å². The fourth-order valence-electron chi connectivity index (χ4n) is 5.41.